The van der Waals surface area contributed by atoms with Crippen LogP contribution in [0.25, 0.3) is 0 Å². The maximum atomic E-state index is 14.1. The van der Waals surface area contributed by atoms with Crippen LogP contribution in [0.4, 0.5) is 4.39 Å². The van der Waals surface area contributed by atoms with E-state index in [1.54, 1.807) is 12.1 Å². The van der Waals surface area contributed by atoms with Crippen LogP contribution in [0.3, 0.4) is 0 Å². The van der Waals surface area contributed by atoms with Gasteiger partial charge in [-0.1, -0.05) is 25.3 Å². The monoisotopic (exact) mass is 233 g/mol. The second kappa shape index (κ2) is 3.83. The van der Waals surface area contributed by atoms with Crippen LogP contribution >= 0.6 is 0 Å². The molecule has 0 bridgehead atoms. The molecule has 1 saturated carbocycles. The highest BCUT2D eigenvalue weighted by Crippen LogP contribution is 2.43. The zero-order chi connectivity index (χ0) is 11.9. The topological polar surface area (TPSA) is 29.1 Å². The molecule has 1 N–H and O–H groups in total. The van der Waals surface area contributed by atoms with Gasteiger partial charge in [0.15, 0.2) is 0 Å². The minimum Gasteiger partial charge on any atom is -0.351 e. The lowest BCUT2D eigenvalue weighted by Gasteiger charge is -2.42. The molecule has 3 heteroatoms. The molecule has 90 valence electrons. The molecule has 1 spiro atoms. The van der Waals surface area contributed by atoms with Crippen molar-refractivity contribution in [2.75, 3.05) is 6.54 Å². The van der Waals surface area contributed by atoms with Gasteiger partial charge in [-0.2, -0.15) is 0 Å². The summed E-state index contributed by atoms with van der Waals surface area (Å²) in [6.07, 6.45) is 5.45. The van der Waals surface area contributed by atoms with Crippen LogP contribution in [0.2, 0.25) is 0 Å². The molecule has 0 saturated heterocycles. The van der Waals surface area contributed by atoms with Crippen molar-refractivity contribution in [2.45, 2.75) is 37.5 Å². The van der Waals surface area contributed by atoms with Crippen LogP contribution in [0.1, 0.15) is 48.0 Å². The summed E-state index contributed by atoms with van der Waals surface area (Å²) < 4.78 is 14.1. The second-order valence-corrected chi connectivity index (χ2v) is 5.19. The zero-order valence-corrected chi connectivity index (χ0v) is 9.76. The third-order valence-corrected chi connectivity index (χ3v) is 4.19. The van der Waals surface area contributed by atoms with Crippen molar-refractivity contribution in [1.29, 1.82) is 0 Å². The number of halogens is 1. The Morgan fingerprint density at radius 3 is 2.71 bits per heavy atom. The van der Waals surface area contributed by atoms with Gasteiger partial charge in [0, 0.05) is 23.1 Å². The number of amides is 1. The average Bonchev–Trinajstić information content (AvgIpc) is 2.36. The SMILES string of the molecule is O=C1NCC2(CCCCC2)c2c(F)cccc21. The fraction of sp³-hybridized carbons (Fsp3) is 0.500. The van der Waals surface area contributed by atoms with Crippen molar-refractivity contribution in [2.24, 2.45) is 0 Å². The third-order valence-electron chi connectivity index (χ3n) is 4.19. The Balaban J connectivity index is 2.16. The number of carbonyl (C=O) groups is 1. The maximum absolute atomic E-state index is 14.1. The van der Waals surface area contributed by atoms with Crippen LogP contribution in [0, 0.1) is 5.82 Å². The number of nitrogens with one attached hydrogen (secondary N) is 1. The Kier molecular flexibility index (Phi) is 2.42. The molecule has 1 aromatic carbocycles. The number of hydrogen-bond donors (Lipinski definition) is 1. The van der Waals surface area contributed by atoms with Crippen LogP contribution in [0.5, 0.6) is 0 Å². The number of benzene rings is 1. The molecule has 17 heavy (non-hydrogen) atoms. The Hall–Kier alpha value is -1.38. The third kappa shape index (κ3) is 1.56. The van der Waals surface area contributed by atoms with E-state index in [0.717, 1.165) is 25.7 Å². The minimum absolute atomic E-state index is 0.129. The van der Waals surface area contributed by atoms with E-state index in [-0.39, 0.29) is 17.1 Å². The first-order chi connectivity index (χ1) is 8.23. The molecule has 3 rings (SSSR count). The van der Waals surface area contributed by atoms with Crippen LogP contribution < -0.4 is 5.32 Å². The second-order valence-electron chi connectivity index (χ2n) is 5.19. The standard InChI is InChI=1S/C14H16FNO/c15-11-6-4-5-10-12(11)14(9-16-13(10)17)7-2-1-3-8-14/h4-6H,1-3,7-9H2,(H,16,17). The van der Waals surface area contributed by atoms with Crippen molar-refractivity contribution in [1.82, 2.24) is 5.32 Å². The summed E-state index contributed by atoms with van der Waals surface area (Å²) in [5.41, 5.74) is 1.06. The molecule has 2 nitrogen and oxygen atoms in total. The molecule has 0 radical (unpaired) electrons. The summed E-state index contributed by atoms with van der Waals surface area (Å²) in [6.45, 7) is 0.597. The Labute approximate surface area is 100 Å². The predicted molar refractivity (Wildman–Crippen MR) is 63.5 cm³/mol. The summed E-state index contributed by atoms with van der Waals surface area (Å²) >= 11 is 0. The smallest absolute Gasteiger partial charge is 0.251 e. The zero-order valence-electron chi connectivity index (χ0n) is 9.76. The quantitative estimate of drug-likeness (QED) is 0.733. The Morgan fingerprint density at radius 2 is 1.94 bits per heavy atom. The van der Waals surface area contributed by atoms with Crippen LogP contribution in [0.15, 0.2) is 18.2 Å². The van der Waals surface area contributed by atoms with Crippen LogP contribution in [-0.4, -0.2) is 12.5 Å². The van der Waals surface area contributed by atoms with Crippen molar-refractivity contribution in [3.63, 3.8) is 0 Å². The lowest BCUT2D eigenvalue weighted by atomic mass is 9.66. The largest absolute Gasteiger partial charge is 0.351 e. The maximum Gasteiger partial charge on any atom is 0.251 e. The first kappa shape index (κ1) is 10.8. The van der Waals surface area contributed by atoms with E-state index in [1.165, 1.54) is 12.5 Å². The molecule has 0 aromatic heterocycles. The molecular formula is C14H16FNO. The van der Waals surface area contributed by atoms with E-state index in [1.807, 2.05) is 0 Å². The van der Waals surface area contributed by atoms with Gasteiger partial charge in [0.2, 0.25) is 0 Å². The molecular weight excluding hydrogens is 217 g/mol. The van der Waals surface area contributed by atoms with Gasteiger partial charge in [-0.15, -0.1) is 0 Å². The molecule has 1 aromatic rings. The summed E-state index contributed by atoms with van der Waals surface area (Å²) in [7, 11) is 0. The van der Waals surface area contributed by atoms with Gasteiger partial charge in [0.05, 0.1) is 0 Å². The lowest BCUT2D eigenvalue weighted by Crippen LogP contribution is -2.48. The number of fused-ring (bicyclic) bond motifs is 2. The van der Waals surface area contributed by atoms with Crippen molar-refractivity contribution in [3.05, 3.63) is 35.1 Å². The predicted octanol–water partition coefficient (Wildman–Crippen LogP) is 2.77. The number of carbonyl (C=O) groups excluding carboxylic acids is 1. The molecule has 1 amide bonds. The van der Waals surface area contributed by atoms with Gasteiger partial charge in [0.25, 0.3) is 5.91 Å². The number of rotatable bonds is 0. The van der Waals surface area contributed by atoms with E-state index in [0.29, 0.717) is 17.7 Å². The Morgan fingerprint density at radius 1 is 1.18 bits per heavy atom. The van der Waals surface area contributed by atoms with E-state index < -0.39 is 0 Å². The minimum atomic E-state index is -0.209. The van der Waals surface area contributed by atoms with Gasteiger partial charge in [-0.25, -0.2) is 4.39 Å². The number of hydrogen-bond acceptors (Lipinski definition) is 1. The van der Waals surface area contributed by atoms with Crippen LogP contribution in [-0.2, 0) is 5.41 Å². The van der Waals surface area contributed by atoms with Gasteiger partial charge >= 0.3 is 0 Å². The highest BCUT2D eigenvalue weighted by molar-refractivity contribution is 5.97. The first-order valence-electron chi connectivity index (χ1n) is 6.30. The van der Waals surface area contributed by atoms with Crippen molar-refractivity contribution < 1.29 is 9.18 Å². The highest BCUT2D eigenvalue weighted by atomic mass is 19.1. The average molecular weight is 233 g/mol. The van der Waals surface area contributed by atoms with E-state index in [4.69, 9.17) is 0 Å². The van der Waals surface area contributed by atoms with Gasteiger partial charge in [-0.05, 0) is 25.0 Å². The summed E-state index contributed by atoms with van der Waals surface area (Å²) in [6, 6.07) is 4.84. The van der Waals surface area contributed by atoms with E-state index >= 15 is 0 Å². The molecule has 1 fully saturated rings. The van der Waals surface area contributed by atoms with Gasteiger partial charge < -0.3 is 5.32 Å². The van der Waals surface area contributed by atoms with Gasteiger partial charge in [-0.3, -0.25) is 4.79 Å². The van der Waals surface area contributed by atoms with Crippen molar-refractivity contribution in [3.8, 4) is 0 Å². The van der Waals surface area contributed by atoms with Crippen molar-refractivity contribution >= 4 is 5.91 Å². The molecule has 0 atom stereocenters. The fourth-order valence-corrected chi connectivity index (χ4v) is 3.34. The normalized spacial score (nSPS) is 22.1. The molecule has 2 aliphatic rings. The lowest BCUT2D eigenvalue weighted by molar-refractivity contribution is 0.0909. The molecule has 1 aliphatic heterocycles. The summed E-state index contributed by atoms with van der Waals surface area (Å²) in [5.74, 6) is -0.338. The molecule has 0 unspecified atom stereocenters. The fourth-order valence-electron chi connectivity index (χ4n) is 3.34. The highest BCUT2D eigenvalue weighted by Gasteiger charge is 2.42. The summed E-state index contributed by atoms with van der Waals surface area (Å²) in [4.78, 5) is 11.8. The first-order valence-corrected chi connectivity index (χ1v) is 6.30. The van der Waals surface area contributed by atoms with E-state index in [2.05, 4.69) is 5.32 Å². The molecule has 1 heterocycles. The van der Waals surface area contributed by atoms with E-state index in [9.17, 15) is 9.18 Å². The molecule has 1 aliphatic carbocycles. The Bertz CT molecular complexity index is 463. The summed E-state index contributed by atoms with van der Waals surface area (Å²) in [5, 5.41) is 2.92. The van der Waals surface area contributed by atoms with Gasteiger partial charge in [0.1, 0.15) is 5.82 Å².